The van der Waals surface area contributed by atoms with E-state index in [2.05, 4.69) is 16.9 Å². The second kappa shape index (κ2) is 9.66. The van der Waals surface area contributed by atoms with Gasteiger partial charge in [-0.25, -0.2) is 4.98 Å². The Bertz CT molecular complexity index is 999. The summed E-state index contributed by atoms with van der Waals surface area (Å²) >= 11 is 18.5. The highest BCUT2D eigenvalue weighted by Crippen LogP contribution is 2.36. The van der Waals surface area contributed by atoms with Crippen LogP contribution in [0, 0.1) is 0 Å². The van der Waals surface area contributed by atoms with Gasteiger partial charge in [0, 0.05) is 34.8 Å². The van der Waals surface area contributed by atoms with E-state index in [-0.39, 0.29) is 11.7 Å². The first-order chi connectivity index (χ1) is 13.9. The summed E-state index contributed by atoms with van der Waals surface area (Å²) in [5.74, 6) is 0.114. The zero-order valence-electron chi connectivity index (χ0n) is 16.3. The van der Waals surface area contributed by atoms with E-state index in [4.69, 9.17) is 34.8 Å². The second-order valence-electron chi connectivity index (χ2n) is 6.87. The maximum absolute atomic E-state index is 12.9. The number of halogens is 3. The first-order valence-corrected chi connectivity index (χ1v) is 10.6. The molecular formula is C22H22Cl3N3O. The van der Waals surface area contributed by atoms with Crippen molar-refractivity contribution in [2.24, 2.45) is 0 Å². The molecule has 29 heavy (non-hydrogen) atoms. The molecule has 0 saturated heterocycles. The lowest BCUT2D eigenvalue weighted by molar-refractivity contribution is 0.0782. The van der Waals surface area contributed by atoms with Gasteiger partial charge >= 0.3 is 0 Å². The number of aromatic nitrogens is 2. The Morgan fingerprint density at radius 3 is 2.38 bits per heavy atom. The van der Waals surface area contributed by atoms with Crippen LogP contribution in [0.4, 0.5) is 0 Å². The number of hydrogen-bond acceptors (Lipinski definition) is 2. The van der Waals surface area contributed by atoms with Crippen LogP contribution in [0.2, 0.25) is 15.1 Å². The zero-order valence-corrected chi connectivity index (χ0v) is 18.6. The summed E-state index contributed by atoms with van der Waals surface area (Å²) in [5.41, 5.74) is 2.86. The molecule has 0 radical (unpaired) electrons. The minimum Gasteiger partial charge on any atom is -0.339 e. The summed E-state index contributed by atoms with van der Waals surface area (Å²) in [5, 5.41) is 1.63. The number of unbranched alkanes of at least 4 members (excludes halogenated alkanes) is 2. The van der Waals surface area contributed by atoms with Crippen molar-refractivity contribution in [1.29, 1.82) is 0 Å². The van der Waals surface area contributed by atoms with Gasteiger partial charge in [-0.05, 0) is 36.8 Å². The number of rotatable bonds is 7. The van der Waals surface area contributed by atoms with Gasteiger partial charge in [-0.2, -0.15) is 0 Å². The molecule has 1 heterocycles. The number of hydrogen-bond donors (Lipinski definition) is 1. The summed E-state index contributed by atoms with van der Waals surface area (Å²) in [6, 6.07) is 12.6. The van der Waals surface area contributed by atoms with Crippen molar-refractivity contribution < 1.29 is 4.79 Å². The normalized spacial score (nSPS) is 10.9. The first-order valence-electron chi connectivity index (χ1n) is 9.47. The number of aromatic amines is 1. The average Bonchev–Trinajstić information content (AvgIpc) is 3.13. The molecule has 3 rings (SSSR count). The van der Waals surface area contributed by atoms with Gasteiger partial charge in [-0.1, -0.05) is 66.7 Å². The molecule has 152 valence electrons. The second-order valence-corrected chi connectivity index (χ2v) is 8.15. The Morgan fingerprint density at radius 2 is 1.72 bits per heavy atom. The van der Waals surface area contributed by atoms with E-state index in [1.54, 1.807) is 42.3 Å². The molecule has 0 saturated carbocycles. The lowest BCUT2D eigenvalue weighted by Crippen LogP contribution is -2.28. The fourth-order valence-corrected chi connectivity index (χ4v) is 3.68. The predicted octanol–water partition coefficient (Wildman–Crippen LogP) is 6.97. The van der Waals surface area contributed by atoms with E-state index >= 15 is 0 Å². The van der Waals surface area contributed by atoms with Gasteiger partial charge in [-0.3, -0.25) is 4.79 Å². The standard InChI is InChI=1S/C22H22Cl3N3O/c1-3-4-5-12-28(2)22(29)21-26-19(14-6-8-15(23)9-7-14)20(27-21)17-11-10-16(24)13-18(17)25/h6-11,13H,3-5,12H2,1-2H3,(H,26,27). The number of nitrogens with zero attached hydrogens (tertiary/aromatic N) is 2. The summed E-state index contributed by atoms with van der Waals surface area (Å²) in [7, 11) is 1.79. The van der Waals surface area contributed by atoms with Crippen LogP contribution in [-0.4, -0.2) is 34.4 Å². The van der Waals surface area contributed by atoms with Crippen LogP contribution in [0.5, 0.6) is 0 Å². The van der Waals surface area contributed by atoms with Crippen LogP contribution in [0.15, 0.2) is 42.5 Å². The van der Waals surface area contributed by atoms with Gasteiger partial charge < -0.3 is 9.88 Å². The van der Waals surface area contributed by atoms with Gasteiger partial charge in [0.2, 0.25) is 0 Å². The molecule has 0 atom stereocenters. The maximum atomic E-state index is 12.9. The van der Waals surface area contributed by atoms with Gasteiger partial charge in [0.1, 0.15) is 0 Å². The molecule has 0 unspecified atom stereocenters. The number of carbonyl (C=O) groups is 1. The number of carbonyl (C=O) groups excluding carboxylic acids is 1. The number of H-pyrrole nitrogens is 1. The van der Waals surface area contributed by atoms with E-state index in [9.17, 15) is 4.79 Å². The fourth-order valence-electron chi connectivity index (χ4n) is 3.06. The van der Waals surface area contributed by atoms with E-state index in [0.717, 1.165) is 24.8 Å². The largest absolute Gasteiger partial charge is 0.339 e. The molecule has 0 fully saturated rings. The van der Waals surface area contributed by atoms with Crippen LogP contribution in [-0.2, 0) is 0 Å². The van der Waals surface area contributed by atoms with Crippen LogP contribution >= 0.6 is 34.8 Å². The monoisotopic (exact) mass is 449 g/mol. The van der Waals surface area contributed by atoms with Crippen LogP contribution < -0.4 is 0 Å². The number of imidazole rings is 1. The molecule has 0 spiro atoms. The summed E-state index contributed by atoms with van der Waals surface area (Å²) in [6.45, 7) is 2.82. The first kappa shape index (κ1) is 21.7. The Hall–Kier alpha value is -2.01. The van der Waals surface area contributed by atoms with Crippen molar-refractivity contribution in [3.05, 3.63) is 63.4 Å². The maximum Gasteiger partial charge on any atom is 0.289 e. The smallest absolute Gasteiger partial charge is 0.289 e. The molecule has 1 amide bonds. The van der Waals surface area contributed by atoms with Crippen molar-refractivity contribution in [1.82, 2.24) is 14.9 Å². The minimum absolute atomic E-state index is 0.160. The van der Waals surface area contributed by atoms with Crippen LogP contribution in [0.25, 0.3) is 22.5 Å². The van der Waals surface area contributed by atoms with Crippen LogP contribution in [0.3, 0.4) is 0 Å². The van der Waals surface area contributed by atoms with Crippen molar-refractivity contribution in [3.63, 3.8) is 0 Å². The molecular weight excluding hydrogens is 429 g/mol. The molecule has 1 aromatic heterocycles. The SMILES string of the molecule is CCCCCN(C)C(=O)c1nc(-c2ccc(Cl)cc2Cl)c(-c2ccc(Cl)cc2)[nH]1. The molecule has 7 heteroatoms. The Labute approximate surface area is 185 Å². The van der Waals surface area contributed by atoms with Crippen molar-refractivity contribution in [3.8, 4) is 22.5 Å². The Morgan fingerprint density at radius 1 is 1.03 bits per heavy atom. The predicted molar refractivity (Wildman–Crippen MR) is 121 cm³/mol. The molecule has 2 aromatic carbocycles. The third kappa shape index (κ3) is 5.13. The quantitative estimate of drug-likeness (QED) is 0.395. The topological polar surface area (TPSA) is 49.0 Å². The highest BCUT2D eigenvalue weighted by atomic mass is 35.5. The van der Waals surface area contributed by atoms with E-state index < -0.39 is 0 Å². The van der Waals surface area contributed by atoms with Gasteiger partial charge in [0.25, 0.3) is 5.91 Å². The molecule has 1 N–H and O–H groups in total. The lowest BCUT2D eigenvalue weighted by Gasteiger charge is -2.15. The van der Waals surface area contributed by atoms with E-state index in [1.807, 2.05) is 12.1 Å². The average molecular weight is 451 g/mol. The summed E-state index contributed by atoms with van der Waals surface area (Å²) in [4.78, 5) is 22.4. The third-order valence-corrected chi connectivity index (χ3v) is 5.47. The fraction of sp³-hybridized carbons (Fsp3) is 0.273. The van der Waals surface area contributed by atoms with Gasteiger partial charge in [-0.15, -0.1) is 0 Å². The molecule has 0 aliphatic carbocycles. The number of amides is 1. The molecule has 4 nitrogen and oxygen atoms in total. The number of nitrogens with one attached hydrogen (secondary N) is 1. The third-order valence-electron chi connectivity index (χ3n) is 4.67. The molecule has 0 aliphatic rings. The molecule has 3 aromatic rings. The van der Waals surface area contributed by atoms with Crippen molar-refractivity contribution >= 4 is 40.7 Å². The molecule has 0 bridgehead atoms. The Kier molecular flexibility index (Phi) is 7.23. The lowest BCUT2D eigenvalue weighted by atomic mass is 10.1. The number of benzene rings is 2. The van der Waals surface area contributed by atoms with Crippen LogP contribution in [0.1, 0.15) is 36.8 Å². The van der Waals surface area contributed by atoms with Gasteiger partial charge in [0.15, 0.2) is 5.82 Å². The minimum atomic E-state index is -0.160. The van der Waals surface area contributed by atoms with Crippen molar-refractivity contribution in [2.75, 3.05) is 13.6 Å². The zero-order chi connectivity index (χ0) is 21.0. The summed E-state index contributed by atoms with van der Waals surface area (Å²) in [6.07, 6.45) is 3.14. The highest BCUT2D eigenvalue weighted by molar-refractivity contribution is 6.36. The molecule has 0 aliphatic heterocycles. The summed E-state index contributed by atoms with van der Waals surface area (Å²) < 4.78 is 0. The van der Waals surface area contributed by atoms with E-state index in [0.29, 0.717) is 38.6 Å². The van der Waals surface area contributed by atoms with Crippen molar-refractivity contribution in [2.45, 2.75) is 26.2 Å². The van der Waals surface area contributed by atoms with E-state index in [1.165, 1.54) is 0 Å². The highest BCUT2D eigenvalue weighted by Gasteiger charge is 2.22. The Balaban J connectivity index is 2.04. The van der Waals surface area contributed by atoms with Gasteiger partial charge in [0.05, 0.1) is 16.4 Å².